The molecule has 2 aromatic rings. The standard InChI is InChI=1S/C23H35N3OS/c1-7-27-16-23(11-10-21-25-18(3)19(4)28-21)12-13-26(15-23)22(5,6)20-9-8-17(2)24-14-20/h8-9,14H,7,10-13,15-16H2,1-6H3/t23-/m1/s1. The van der Waals surface area contributed by atoms with Gasteiger partial charge in [0.15, 0.2) is 0 Å². The molecule has 4 nitrogen and oxygen atoms in total. The predicted molar refractivity (Wildman–Crippen MR) is 117 cm³/mol. The molecule has 0 radical (unpaired) electrons. The first-order valence-corrected chi connectivity index (χ1v) is 11.3. The highest BCUT2D eigenvalue weighted by atomic mass is 32.1. The molecule has 5 heteroatoms. The summed E-state index contributed by atoms with van der Waals surface area (Å²) in [4.78, 5) is 13.3. The second-order valence-electron chi connectivity index (χ2n) is 8.81. The number of aryl methyl sites for hydroxylation is 4. The van der Waals surface area contributed by atoms with Crippen molar-refractivity contribution in [3.05, 3.63) is 45.2 Å². The summed E-state index contributed by atoms with van der Waals surface area (Å²) in [6, 6.07) is 4.35. The summed E-state index contributed by atoms with van der Waals surface area (Å²) in [6.45, 7) is 16.8. The molecule has 1 aliphatic heterocycles. The lowest BCUT2D eigenvalue weighted by atomic mass is 9.83. The lowest BCUT2D eigenvalue weighted by Crippen LogP contribution is -2.42. The molecule has 0 amide bonds. The van der Waals surface area contributed by atoms with Crippen LogP contribution in [0.15, 0.2) is 18.3 Å². The molecule has 3 rings (SSSR count). The van der Waals surface area contributed by atoms with Gasteiger partial charge in [0.05, 0.1) is 17.3 Å². The lowest BCUT2D eigenvalue weighted by molar-refractivity contribution is 0.0384. The highest BCUT2D eigenvalue weighted by Crippen LogP contribution is 2.42. The summed E-state index contributed by atoms with van der Waals surface area (Å²) in [6.07, 6.45) is 5.41. The normalized spacial score (nSPS) is 20.8. The van der Waals surface area contributed by atoms with Crippen LogP contribution < -0.4 is 0 Å². The van der Waals surface area contributed by atoms with E-state index in [9.17, 15) is 0 Å². The van der Waals surface area contributed by atoms with Crippen molar-refractivity contribution in [2.75, 3.05) is 26.3 Å². The molecule has 1 fully saturated rings. The van der Waals surface area contributed by atoms with Gasteiger partial charge in [0.2, 0.25) is 0 Å². The second kappa shape index (κ2) is 8.60. The van der Waals surface area contributed by atoms with Crippen molar-refractivity contribution < 1.29 is 4.74 Å². The highest BCUT2D eigenvalue weighted by Gasteiger charge is 2.43. The SMILES string of the molecule is CCOC[C@]1(CCc2nc(C)c(C)s2)CCN(C(C)(C)c2ccc(C)nc2)C1. The maximum absolute atomic E-state index is 5.96. The van der Waals surface area contributed by atoms with E-state index in [1.54, 1.807) is 0 Å². The number of hydrogen-bond donors (Lipinski definition) is 0. The smallest absolute Gasteiger partial charge is 0.0931 e. The fourth-order valence-corrected chi connectivity index (χ4v) is 5.09. The van der Waals surface area contributed by atoms with Crippen LogP contribution in [-0.4, -0.2) is 41.2 Å². The monoisotopic (exact) mass is 401 g/mol. The summed E-state index contributed by atoms with van der Waals surface area (Å²) >= 11 is 1.85. The van der Waals surface area contributed by atoms with Gasteiger partial charge in [-0.15, -0.1) is 11.3 Å². The second-order valence-corrected chi connectivity index (χ2v) is 10.1. The lowest BCUT2D eigenvalue weighted by Gasteiger charge is -2.38. The maximum Gasteiger partial charge on any atom is 0.0931 e. The van der Waals surface area contributed by atoms with Gasteiger partial charge in [0, 0.05) is 40.9 Å². The van der Waals surface area contributed by atoms with Crippen molar-refractivity contribution in [1.82, 2.24) is 14.9 Å². The van der Waals surface area contributed by atoms with E-state index in [1.165, 1.54) is 27.6 Å². The molecule has 2 aromatic heterocycles. The van der Waals surface area contributed by atoms with E-state index in [0.717, 1.165) is 44.8 Å². The number of pyridine rings is 1. The molecule has 0 bridgehead atoms. The van der Waals surface area contributed by atoms with Gasteiger partial charge in [0.25, 0.3) is 0 Å². The average molecular weight is 402 g/mol. The van der Waals surface area contributed by atoms with E-state index in [-0.39, 0.29) is 11.0 Å². The zero-order valence-electron chi connectivity index (χ0n) is 18.3. The van der Waals surface area contributed by atoms with Gasteiger partial charge in [-0.25, -0.2) is 4.98 Å². The van der Waals surface area contributed by atoms with E-state index in [4.69, 9.17) is 9.72 Å². The van der Waals surface area contributed by atoms with E-state index in [1.807, 2.05) is 24.5 Å². The van der Waals surface area contributed by atoms with Crippen LogP contribution in [0.25, 0.3) is 0 Å². The van der Waals surface area contributed by atoms with Crippen LogP contribution in [0.2, 0.25) is 0 Å². The van der Waals surface area contributed by atoms with Crippen LogP contribution in [0.1, 0.15) is 60.4 Å². The third-order valence-electron chi connectivity index (χ3n) is 6.40. The van der Waals surface area contributed by atoms with Crippen molar-refractivity contribution in [1.29, 1.82) is 0 Å². The maximum atomic E-state index is 5.96. The van der Waals surface area contributed by atoms with E-state index in [0.29, 0.717) is 0 Å². The van der Waals surface area contributed by atoms with Gasteiger partial charge in [-0.1, -0.05) is 6.07 Å². The molecular weight excluding hydrogens is 366 g/mol. The van der Waals surface area contributed by atoms with Crippen LogP contribution in [0.4, 0.5) is 0 Å². The molecule has 0 aliphatic carbocycles. The minimum atomic E-state index is -0.0248. The zero-order valence-corrected chi connectivity index (χ0v) is 19.2. The molecule has 0 N–H and O–H groups in total. The Bertz CT molecular complexity index is 764. The van der Waals surface area contributed by atoms with Crippen LogP contribution in [0.3, 0.4) is 0 Å². The highest BCUT2D eigenvalue weighted by molar-refractivity contribution is 7.11. The fourth-order valence-electron chi connectivity index (χ4n) is 4.16. The van der Waals surface area contributed by atoms with E-state index >= 15 is 0 Å². The molecule has 1 saturated heterocycles. The summed E-state index contributed by atoms with van der Waals surface area (Å²) < 4.78 is 5.96. The Hall–Kier alpha value is -1.30. The number of hydrogen-bond acceptors (Lipinski definition) is 5. The number of thiazole rings is 1. The Morgan fingerprint density at radius 3 is 2.64 bits per heavy atom. The summed E-state index contributed by atoms with van der Waals surface area (Å²) in [5.41, 5.74) is 3.72. The van der Waals surface area contributed by atoms with Crippen molar-refractivity contribution in [3.63, 3.8) is 0 Å². The van der Waals surface area contributed by atoms with Crippen molar-refractivity contribution in [2.24, 2.45) is 5.41 Å². The Balaban J connectivity index is 1.74. The first kappa shape index (κ1) is 21.4. The summed E-state index contributed by atoms with van der Waals surface area (Å²) in [5, 5.41) is 1.27. The zero-order chi connectivity index (χ0) is 20.4. The third-order valence-corrected chi connectivity index (χ3v) is 7.53. The van der Waals surface area contributed by atoms with Crippen molar-refractivity contribution in [2.45, 2.75) is 66.3 Å². The minimum absolute atomic E-state index is 0.0248. The first-order chi connectivity index (χ1) is 13.3. The number of likely N-dealkylation sites (tertiary alicyclic amines) is 1. The first-order valence-electron chi connectivity index (χ1n) is 10.4. The van der Waals surface area contributed by atoms with Gasteiger partial charge in [0.1, 0.15) is 0 Å². The molecular formula is C23H35N3OS. The predicted octanol–water partition coefficient (Wildman–Crippen LogP) is 5.06. The summed E-state index contributed by atoms with van der Waals surface area (Å²) in [5.74, 6) is 0. The Kier molecular flexibility index (Phi) is 6.58. The third kappa shape index (κ3) is 4.64. The van der Waals surface area contributed by atoms with Gasteiger partial charge >= 0.3 is 0 Å². The Labute approximate surface area is 174 Å². The fraction of sp³-hybridized carbons (Fsp3) is 0.652. The van der Waals surface area contributed by atoms with Gasteiger partial charge in [-0.05, 0) is 79.0 Å². The van der Waals surface area contributed by atoms with Crippen molar-refractivity contribution in [3.8, 4) is 0 Å². The molecule has 154 valence electrons. The minimum Gasteiger partial charge on any atom is -0.381 e. The van der Waals surface area contributed by atoms with Crippen LogP contribution in [0.5, 0.6) is 0 Å². The van der Waals surface area contributed by atoms with Crippen LogP contribution >= 0.6 is 11.3 Å². The quantitative estimate of drug-likeness (QED) is 0.620. The van der Waals surface area contributed by atoms with Gasteiger partial charge in [-0.2, -0.15) is 0 Å². The van der Waals surface area contributed by atoms with Crippen LogP contribution in [0, 0.1) is 26.2 Å². The molecule has 3 heterocycles. The largest absolute Gasteiger partial charge is 0.381 e. The molecule has 0 spiro atoms. The van der Waals surface area contributed by atoms with Crippen LogP contribution in [-0.2, 0) is 16.7 Å². The number of ether oxygens (including phenoxy) is 1. The van der Waals surface area contributed by atoms with E-state index < -0.39 is 0 Å². The van der Waals surface area contributed by atoms with Gasteiger partial charge in [-0.3, -0.25) is 9.88 Å². The van der Waals surface area contributed by atoms with Crippen molar-refractivity contribution >= 4 is 11.3 Å². The number of nitrogens with zero attached hydrogens (tertiary/aromatic N) is 3. The average Bonchev–Trinajstić information content (AvgIpc) is 3.23. The topological polar surface area (TPSA) is 38.2 Å². The number of aromatic nitrogens is 2. The molecule has 0 saturated carbocycles. The number of rotatable bonds is 8. The molecule has 0 unspecified atom stereocenters. The Morgan fingerprint density at radius 2 is 2.04 bits per heavy atom. The van der Waals surface area contributed by atoms with Gasteiger partial charge < -0.3 is 4.74 Å². The molecule has 0 aromatic carbocycles. The molecule has 1 atom stereocenters. The molecule has 1 aliphatic rings. The molecule has 28 heavy (non-hydrogen) atoms. The van der Waals surface area contributed by atoms with E-state index in [2.05, 4.69) is 56.6 Å². The summed E-state index contributed by atoms with van der Waals surface area (Å²) in [7, 11) is 0. The Morgan fingerprint density at radius 1 is 1.25 bits per heavy atom.